The summed E-state index contributed by atoms with van der Waals surface area (Å²) < 4.78 is 25.4. The van der Waals surface area contributed by atoms with Gasteiger partial charge >= 0.3 is 0 Å². The van der Waals surface area contributed by atoms with Crippen LogP contribution in [0, 0.1) is 5.92 Å². The minimum Gasteiger partial charge on any atom is -0.376 e. The molecule has 6 heteroatoms. The summed E-state index contributed by atoms with van der Waals surface area (Å²) in [6.07, 6.45) is 5.73. The summed E-state index contributed by atoms with van der Waals surface area (Å²) in [5, 5.41) is 2.85. The average molecular weight is 365 g/mol. The highest BCUT2D eigenvalue weighted by Crippen LogP contribution is 2.30. The average Bonchev–Trinajstić information content (AvgIpc) is 3.15. The highest BCUT2D eigenvalue weighted by Gasteiger charge is 2.30. The predicted molar refractivity (Wildman–Crippen MR) is 99.4 cm³/mol. The van der Waals surface area contributed by atoms with Gasteiger partial charge in [0.1, 0.15) is 0 Å². The number of piperidine rings is 1. The lowest BCUT2D eigenvalue weighted by Gasteiger charge is -2.31. The number of benzene rings is 1. The number of carbonyl (C=O) groups excluding carboxylic acids is 1. The Bertz CT molecular complexity index is 711. The molecule has 3 rings (SSSR count). The van der Waals surface area contributed by atoms with E-state index in [-0.39, 0.29) is 17.7 Å². The van der Waals surface area contributed by atoms with E-state index in [4.69, 9.17) is 0 Å². The third kappa shape index (κ3) is 4.35. The third-order valence-electron chi connectivity index (χ3n) is 5.36. The molecule has 1 aromatic carbocycles. The van der Waals surface area contributed by atoms with Crippen LogP contribution >= 0.6 is 0 Å². The molecule has 1 saturated heterocycles. The Morgan fingerprint density at radius 1 is 1.20 bits per heavy atom. The van der Waals surface area contributed by atoms with Crippen molar-refractivity contribution < 1.29 is 13.2 Å². The van der Waals surface area contributed by atoms with Gasteiger partial charge in [-0.3, -0.25) is 4.79 Å². The molecule has 2 aliphatic rings. The second kappa shape index (κ2) is 7.77. The molecule has 2 fully saturated rings. The van der Waals surface area contributed by atoms with E-state index in [1.165, 1.54) is 6.42 Å². The Kier molecular flexibility index (Phi) is 5.67. The summed E-state index contributed by atoms with van der Waals surface area (Å²) in [4.78, 5) is 14.6. The number of sulfone groups is 1. The summed E-state index contributed by atoms with van der Waals surface area (Å²) in [6.45, 7) is 4.02. The molecule has 5 nitrogen and oxygen atoms in total. The first-order valence-corrected chi connectivity index (χ1v) is 10.9. The molecule has 1 saturated carbocycles. The molecule has 0 aromatic heterocycles. The van der Waals surface area contributed by atoms with E-state index in [2.05, 4.69) is 12.2 Å². The van der Waals surface area contributed by atoms with Gasteiger partial charge in [-0.2, -0.15) is 0 Å². The van der Waals surface area contributed by atoms with E-state index >= 15 is 0 Å². The Morgan fingerprint density at radius 3 is 2.68 bits per heavy atom. The van der Waals surface area contributed by atoms with Crippen molar-refractivity contribution in [3.05, 3.63) is 24.3 Å². The van der Waals surface area contributed by atoms with Crippen molar-refractivity contribution >= 4 is 21.4 Å². The summed E-state index contributed by atoms with van der Waals surface area (Å²) in [5.74, 6) is 0.633. The quantitative estimate of drug-likeness (QED) is 0.872. The van der Waals surface area contributed by atoms with Crippen LogP contribution in [-0.2, 0) is 14.6 Å². The zero-order chi connectivity index (χ0) is 17.9. The highest BCUT2D eigenvalue weighted by molar-refractivity contribution is 7.92. The highest BCUT2D eigenvalue weighted by atomic mass is 32.2. The van der Waals surface area contributed by atoms with E-state index in [1.807, 2.05) is 11.0 Å². The zero-order valence-electron chi connectivity index (χ0n) is 14.9. The molecule has 1 heterocycles. The number of anilines is 1. The Hall–Kier alpha value is -1.56. The van der Waals surface area contributed by atoms with Crippen molar-refractivity contribution in [2.75, 3.05) is 25.0 Å². The summed E-state index contributed by atoms with van der Waals surface area (Å²) in [7, 11) is -3.26. The molecule has 0 radical (unpaired) electrons. The van der Waals surface area contributed by atoms with Crippen molar-refractivity contribution in [1.29, 1.82) is 0 Å². The van der Waals surface area contributed by atoms with Gasteiger partial charge in [0.2, 0.25) is 5.91 Å². The van der Waals surface area contributed by atoms with Gasteiger partial charge in [-0.05, 0) is 49.8 Å². The van der Waals surface area contributed by atoms with Crippen LogP contribution in [0.1, 0.15) is 45.4 Å². The van der Waals surface area contributed by atoms with Crippen molar-refractivity contribution in [1.82, 2.24) is 4.90 Å². The Balaban J connectivity index is 1.63. The van der Waals surface area contributed by atoms with Crippen LogP contribution in [0.15, 0.2) is 29.2 Å². The van der Waals surface area contributed by atoms with Crippen molar-refractivity contribution in [3.8, 4) is 0 Å². The molecular weight excluding hydrogens is 336 g/mol. The number of nitrogens with zero attached hydrogens (tertiary/aromatic N) is 1. The predicted octanol–water partition coefficient (Wildman–Crippen LogP) is 3.07. The number of nitrogens with one attached hydrogen (secondary N) is 1. The van der Waals surface area contributed by atoms with Gasteiger partial charge in [-0.25, -0.2) is 8.42 Å². The van der Waals surface area contributed by atoms with E-state index < -0.39 is 9.84 Å². The standard InChI is InChI=1S/C19H28N2O3S/c1-15-6-5-11-21(14-15)19(22)13-20-16-7-4-10-18(12-16)25(23,24)17-8-2-3-9-17/h4,7,10,12,15,17,20H,2-3,5-6,8-9,11,13-14H2,1H3/t15-/m1/s1. The normalized spacial score (nSPS) is 22.1. The minimum absolute atomic E-state index is 0.0793. The van der Waals surface area contributed by atoms with Gasteiger partial charge in [0, 0.05) is 18.8 Å². The van der Waals surface area contributed by atoms with Gasteiger partial charge in [0.15, 0.2) is 9.84 Å². The van der Waals surface area contributed by atoms with Crippen LogP contribution < -0.4 is 5.32 Å². The van der Waals surface area contributed by atoms with Crippen LogP contribution in [0.25, 0.3) is 0 Å². The van der Waals surface area contributed by atoms with Crippen LogP contribution in [0.5, 0.6) is 0 Å². The first-order chi connectivity index (χ1) is 12.0. The number of hydrogen-bond acceptors (Lipinski definition) is 4. The Labute approximate surface area is 150 Å². The fourth-order valence-corrected chi connectivity index (χ4v) is 5.78. The van der Waals surface area contributed by atoms with E-state index in [0.717, 1.165) is 45.2 Å². The third-order valence-corrected chi connectivity index (χ3v) is 7.62. The number of carbonyl (C=O) groups is 1. The van der Waals surface area contributed by atoms with Gasteiger partial charge in [0.05, 0.1) is 16.7 Å². The molecule has 0 spiro atoms. The van der Waals surface area contributed by atoms with E-state index in [1.54, 1.807) is 18.2 Å². The molecule has 1 aliphatic carbocycles. The van der Waals surface area contributed by atoms with E-state index in [0.29, 0.717) is 16.5 Å². The van der Waals surface area contributed by atoms with Crippen LogP contribution in [0.3, 0.4) is 0 Å². The lowest BCUT2D eigenvalue weighted by Crippen LogP contribution is -2.41. The minimum atomic E-state index is -3.26. The number of rotatable bonds is 5. The van der Waals surface area contributed by atoms with Crippen molar-refractivity contribution in [2.24, 2.45) is 5.92 Å². The first-order valence-electron chi connectivity index (χ1n) is 9.32. The number of likely N-dealkylation sites (tertiary alicyclic amines) is 1. The lowest BCUT2D eigenvalue weighted by molar-refractivity contribution is -0.130. The summed E-state index contributed by atoms with van der Waals surface area (Å²) in [6, 6.07) is 6.89. The topological polar surface area (TPSA) is 66.5 Å². The molecular formula is C19H28N2O3S. The van der Waals surface area contributed by atoms with Gasteiger partial charge in [-0.15, -0.1) is 0 Å². The molecule has 1 amide bonds. The maximum atomic E-state index is 12.7. The second-order valence-corrected chi connectivity index (χ2v) is 9.65. The lowest BCUT2D eigenvalue weighted by atomic mass is 10.0. The molecule has 0 bridgehead atoms. The van der Waals surface area contributed by atoms with E-state index in [9.17, 15) is 13.2 Å². The smallest absolute Gasteiger partial charge is 0.241 e. The van der Waals surface area contributed by atoms with Crippen LogP contribution in [-0.4, -0.2) is 44.1 Å². The van der Waals surface area contributed by atoms with Crippen LogP contribution in [0.4, 0.5) is 5.69 Å². The first kappa shape index (κ1) is 18.2. The molecule has 0 unspecified atom stereocenters. The fraction of sp³-hybridized carbons (Fsp3) is 0.632. The fourth-order valence-electron chi connectivity index (χ4n) is 3.88. The molecule has 25 heavy (non-hydrogen) atoms. The maximum absolute atomic E-state index is 12.7. The molecule has 1 aromatic rings. The van der Waals surface area contributed by atoms with Crippen molar-refractivity contribution in [3.63, 3.8) is 0 Å². The summed E-state index contributed by atoms with van der Waals surface area (Å²) >= 11 is 0. The van der Waals surface area contributed by atoms with Gasteiger partial charge in [0.25, 0.3) is 0 Å². The van der Waals surface area contributed by atoms with Gasteiger partial charge < -0.3 is 10.2 Å². The molecule has 1 N–H and O–H groups in total. The number of hydrogen-bond donors (Lipinski definition) is 1. The van der Waals surface area contributed by atoms with Crippen molar-refractivity contribution in [2.45, 2.75) is 55.6 Å². The number of amides is 1. The SMILES string of the molecule is C[C@@H]1CCCN(C(=O)CNc2cccc(S(=O)(=O)C3CCCC3)c2)C1. The Morgan fingerprint density at radius 2 is 1.96 bits per heavy atom. The molecule has 138 valence electrons. The second-order valence-electron chi connectivity index (χ2n) is 7.42. The van der Waals surface area contributed by atoms with Crippen LogP contribution in [0.2, 0.25) is 0 Å². The monoisotopic (exact) mass is 364 g/mol. The molecule has 1 aliphatic heterocycles. The zero-order valence-corrected chi connectivity index (χ0v) is 15.7. The van der Waals surface area contributed by atoms with Gasteiger partial charge in [-0.1, -0.05) is 25.8 Å². The maximum Gasteiger partial charge on any atom is 0.241 e. The summed E-state index contributed by atoms with van der Waals surface area (Å²) in [5.41, 5.74) is 0.692. The largest absolute Gasteiger partial charge is 0.376 e. The molecule has 1 atom stereocenters.